The summed E-state index contributed by atoms with van der Waals surface area (Å²) in [5, 5.41) is 12.5. The van der Waals surface area contributed by atoms with Crippen LogP contribution in [0.4, 0.5) is 10.8 Å². The molecule has 7 heteroatoms. The summed E-state index contributed by atoms with van der Waals surface area (Å²) in [5.74, 6) is 2.46. The highest BCUT2D eigenvalue weighted by Crippen LogP contribution is 2.34. The second-order valence-corrected chi connectivity index (χ2v) is 7.50. The highest BCUT2D eigenvalue weighted by Gasteiger charge is 2.10. The second kappa shape index (κ2) is 8.22. The molecule has 0 aliphatic carbocycles. The summed E-state index contributed by atoms with van der Waals surface area (Å²) < 4.78 is 11.7. The molecule has 1 aromatic heterocycles. The molecule has 0 saturated carbocycles. The Hall–Kier alpha value is -2.25. The first-order chi connectivity index (χ1) is 12.2. The molecule has 0 bridgehead atoms. The van der Waals surface area contributed by atoms with Crippen molar-refractivity contribution in [2.75, 3.05) is 19.5 Å². The van der Waals surface area contributed by atoms with Crippen LogP contribution in [0.3, 0.4) is 0 Å². The van der Waals surface area contributed by atoms with Crippen molar-refractivity contribution >= 4 is 33.9 Å². The summed E-state index contributed by atoms with van der Waals surface area (Å²) in [5.41, 5.74) is 3.24. The molecule has 0 amide bonds. The van der Waals surface area contributed by atoms with Crippen LogP contribution in [0.25, 0.3) is 0 Å². The average molecular weight is 374 g/mol. The van der Waals surface area contributed by atoms with Gasteiger partial charge in [0, 0.05) is 11.3 Å². The van der Waals surface area contributed by atoms with Gasteiger partial charge in [-0.3, -0.25) is 0 Å². The van der Waals surface area contributed by atoms with Gasteiger partial charge in [0.1, 0.15) is 11.5 Å². The van der Waals surface area contributed by atoms with E-state index in [1.807, 2.05) is 36.4 Å². The Morgan fingerprint density at radius 3 is 2.64 bits per heavy atom. The number of hydrogen-bond acceptors (Lipinski definition) is 7. The number of benzene rings is 2. The van der Waals surface area contributed by atoms with Gasteiger partial charge in [0.25, 0.3) is 0 Å². The van der Waals surface area contributed by atoms with Gasteiger partial charge in [0.05, 0.1) is 19.9 Å². The monoisotopic (exact) mass is 373 g/mol. The molecule has 3 aromatic rings. The molecule has 5 nitrogen and oxygen atoms in total. The van der Waals surface area contributed by atoms with Crippen molar-refractivity contribution in [2.24, 2.45) is 0 Å². The van der Waals surface area contributed by atoms with Gasteiger partial charge < -0.3 is 14.8 Å². The first-order valence-corrected chi connectivity index (χ1v) is 9.49. The molecule has 1 heterocycles. The van der Waals surface area contributed by atoms with Gasteiger partial charge in [0.15, 0.2) is 4.34 Å². The minimum atomic E-state index is 0.739. The fraction of sp³-hybridized carbons (Fsp3) is 0.222. The Bertz CT molecular complexity index is 852. The molecule has 0 aliphatic rings. The Labute approximate surface area is 155 Å². The Morgan fingerprint density at radius 2 is 1.84 bits per heavy atom. The molecule has 0 saturated heterocycles. The summed E-state index contributed by atoms with van der Waals surface area (Å²) in [6.45, 7) is 2.08. The van der Waals surface area contributed by atoms with Crippen LogP contribution in [0.5, 0.6) is 11.5 Å². The van der Waals surface area contributed by atoms with Gasteiger partial charge in [-0.1, -0.05) is 52.9 Å². The second-order valence-electron chi connectivity index (χ2n) is 5.30. The van der Waals surface area contributed by atoms with Crippen molar-refractivity contribution in [1.82, 2.24) is 10.2 Å². The van der Waals surface area contributed by atoms with Crippen molar-refractivity contribution in [3.8, 4) is 11.5 Å². The molecule has 0 unspecified atom stereocenters. The largest absolute Gasteiger partial charge is 0.496 e. The van der Waals surface area contributed by atoms with E-state index in [2.05, 4.69) is 28.5 Å². The van der Waals surface area contributed by atoms with E-state index in [0.29, 0.717) is 0 Å². The van der Waals surface area contributed by atoms with E-state index < -0.39 is 0 Å². The SMILES string of the molecule is COc1ccc(C)cc1CSc1nnc(Nc2ccccc2OC)s1. The number of ether oxygens (including phenoxy) is 2. The van der Waals surface area contributed by atoms with Crippen LogP contribution in [-0.2, 0) is 5.75 Å². The molecule has 3 rings (SSSR count). The lowest BCUT2D eigenvalue weighted by Gasteiger charge is -2.08. The predicted molar refractivity (Wildman–Crippen MR) is 103 cm³/mol. The lowest BCUT2D eigenvalue weighted by atomic mass is 10.1. The van der Waals surface area contributed by atoms with E-state index in [-0.39, 0.29) is 0 Å². The van der Waals surface area contributed by atoms with E-state index in [4.69, 9.17) is 9.47 Å². The van der Waals surface area contributed by atoms with Crippen molar-refractivity contribution in [2.45, 2.75) is 17.0 Å². The number of para-hydroxylation sites is 2. The standard InChI is InChI=1S/C18H19N3O2S2/c1-12-8-9-15(22-2)13(10-12)11-24-18-21-20-17(25-18)19-14-6-4-5-7-16(14)23-3/h4-10H,11H2,1-3H3,(H,19,20). The Balaban J connectivity index is 1.67. The van der Waals surface area contributed by atoms with Crippen molar-refractivity contribution < 1.29 is 9.47 Å². The van der Waals surface area contributed by atoms with Crippen LogP contribution in [-0.4, -0.2) is 24.4 Å². The molecule has 130 valence electrons. The molecule has 1 N–H and O–H groups in total. The van der Waals surface area contributed by atoms with Gasteiger partial charge in [-0.25, -0.2) is 0 Å². The van der Waals surface area contributed by atoms with Crippen LogP contribution in [0.1, 0.15) is 11.1 Å². The summed E-state index contributed by atoms with van der Waals surface area (Å²) in [7, 11) is 3.34. The van der Waals surface area contributed by atoms with Crippen LogP contribution in [0, 0.1) is 6.92 Å². The molecule has 0 spiro atoms. The number of nitrogens with one attached hydrogen (secondary N) is 1. The summed E-state index contributed by atoms with van der Waals surface area (Å²) in [6.07, 6.45) is 0. The fourth-order valence-electron chi connectivity index (χ4n) is 2.34. The van der Waals surface area contributed by atoms with E-state index in [9.17, 15) is 0 Å². The quantitative estimate of drug-likeness (QED) is 0.595. The zero-order valence-corrected chi connectivity index (χ0v) is 15.9. The van der Waals surface area contributed by atoms with Crippen molar-refractivity contribution in [3.05, 3.63) is 53.6 Å². The van der Waals surface area contributed by atoms with Crippen molar-refractivity contribution in [3.63, 3.8) is 0 Å². The maximum Gasteiger partial charge on any atom is 0.210 e. The van der Waals surface area contributed by atoms with E-state index in [1.165, 1.54) is 16.9 Å². The zero-order valence-electron chi connectivity index (χ0n) is 14.3. The van der Waals surface area contributed by atoms with Gasteiger partial charge >= 0.3 is 0 Å². The third-order valence-corrected chi connectivity index (χ3v) is 5.56. The minimum Gasteiger partial charge on any atom is -0.496 e. The van der Waals surface area contributed by atoms with E-state index in [1.54, 1.807) is 26.0 Å². The number of nitrogens with zero attached hydrogens (tertiary/aromatic N) is 2. The smallest absolute Gasteiger partial charge is 0.210 e. The highest BCUT2D eigenvalue weighted by atomic mass is 32.2. The van der Waals surface area contributed by atoms with Gasteiger partial charge in [-0.15, -0.1) is 10.2 Å². The lowest BCUT2D eigenvalue weighted by Crippen LogP contribution is -1.93. The van der Waals surface area contributed by atoms with Crippen LogP contribution >= 0.6 is 23.1 Å². The zero-order chi connectivity index (χ0) is 17.6. The predicted octanol–water partition coefficient (Wildman–Crippen LogP) is 4.90. The van der Waals surface area contributed by atoms with E-state index >= 15 is 0 Å². The van der Waals surface area contributed by atoms with Crippen LogP contribution in [0.2, 0.25) is 0 Å². The van der Waals surface area contributed by atoms with Crippen LogP contribution in [0.15, 0.2) is 46.8 Å². The molecular weight excluding hydrogens is 354 g/mol. The minimum absolute atomic E-state index is 0.739. The lowest BCUT2D eigenvalue weighted by molar-refractivity contribution is 0.411. The number of thioether (sulfide) groups is 1. The molecular formula is C18H19N3O2S2. The Kier molecular flexibility index (Phi) is 5.78. The summed E-state index contributed by atoms with van der Waals surface area (Å²) in [6, 6.07) is 13.9. The van der Waals surface area contributed by atoms with Crippen molar-refractivity contribution in [1.29, 1.82) is 0 Å². The fourth-order valence-corrected chi connectivity index (χ4v) is 4.08. The summed E-state index contributed by atoms with van der Waals surface area (Å²) >= 11 is 3.16. The van der Waals surface area contributed by atoms with Gasteiger partial charge in [-0.2, -0.15) is 0 Å². The third kappa shape index (κ3) is 4.43. The maximum absolute atomic E-state index is 5.43. The Morgan fingerprint density at radius 1 is 1.04 bits per heavy atom. The highest BCUT2D eigenvalue weighted by molar-refractivity contribution is 8.00. The third-order valence-electron chi connectivity index (χ3n) is 3.54. The normalized spacial score (nSPS) is 10.5. The molecule has 0 fully saturated rings. The number of aryl methyl sites for hydroxylation is 1. The molecule has 0 atom stereocenters. The number of methoxy groups -OCH3 is 2. The van der Waals surface area contributed by atoms with E-state index in [0.717, 1.165) is 38.0 Å². The maximum atomic E-state index is 5.43. The topological polar surface area (TPSA) is 56.3 Å². The molecule has 25 heavy (non-hydrogen) atoms. The number of rotatable bonds is 7. The molecule has 0 aliphatic heterocycles. The van der Waals surface area contributed by atoms with Crippen LogP contribution < -0.4 is 14.8 Å². The number of hydrogen-bond donors (Lipinski definition) is 1. The number of anilines is 2. The average Bonchev–Trinajstić information content (AvgIpc) is 3.08. The van der Waals surface area contributed by atoms with Gasteiger partial charge in [-0.05, 0) is 25.1 Å². The molecule has 2 aromatic carbocycles. The first-order valence-electron chi connectivity index (χ1n) is 7.69. The molecule has 0 radical (unpaired) electrons. The van der Waals surface area contributed by atoms with Gasteiger partial charge in [0.2, 0.25) is 5.13 Å². The number of aromatic nitrogens is 2. The summed E-state index contributed by atoms with van der Waals surface area (Å²) in [4.78, 5) is 0. The first kappa shape index (κ1) is 17.6.